The summed E-state index contributed by atoms with van der Waals surface area (Å²) in [6, 6.07) is 4.34. The van der Waals surface area contributed by atoms with Crippen LogP contribution in [-0.2, 0) is 10.1 Å². The van der Waals surface area contributed by atoms with Crippen LogP contribution < -0.4 is 10.6 Å². The van der Waals surface area contributed by atoms with E-state index in [2.05, 4.69) is 0 Å². The van der Waals surface area contributed by atoms with Crippen molar-refractivity contribution in [2.45, 2.75) is 4.90 Å². The Morgan fingerprint density at radius 3 is 2.36 bits per heavy atom. The van der Waals surface area contributed by atoms with E-state index in [0.29, 0.717) is 11.4 Å². The maximum absolute atomic E-state index is 11.0. The van der Waals surface area contributed by atoms with E-state index in [0.717, 1.165) is 0 Å². The van der Waals surface area contributed by atoms with Crippen molar-refractivity contribution >= 4 is 21.5 Å². The van der Waals surface area contributed by atoms with Crippen LogP contribution in [0.5, 0.6) is 0 Å². The average molecular weight is 216 g/mol. The third-order valence-corrected chi connectivity index (χ3v) is 2.63. The summed E-state index contributed by atoms with van der Waals surface area (Å²) >= 11 is 0. The van der Waals surface area contributed by atoms with Gasteiger partial charge >= 0.3 is 0 Å². The fourth-order valence-electron chi connectivity index (χ4n) is 1.11. The number of nitrogen functional groups attached to an aromatic ring is 1. The van der Waals surface area contributed by atoms with Gasteiger partial charge in [0.1, 0.15) is 4.90 Å². The molecule has 0 aliphatic rings. The summed E-state index contributed by atoms with van der Waals surface area (Å²) in [5.74, 6) is 0. The zero-order valence-electron chi connectivity index (χ0n) is 7.93. The molecule has 0 atom stereocenters. The van der Waals surface area contributed by atoms with Crippen molar-refractivity contribution in [3.63, 3.8) is 0 Å². The van der Waals surface area contributed by atoms with Gasteiger partial charge in [-0.25, -0.2) is 0 Å². The van der Waals surface area contributed by atoms with Gasteiger partial charge in [0.25, 0.3) is 10.1 Å². The van der Waals surface area contributed by atoms with Gasteiger partial charge in [-0.05, 0) is 18.2 Å². The molecule has 1 rings (SSSR count). The molecule has 0 unspecified atom stereocenters. The molecule has 1 aromatic carbocycles. The van der Waals surface area contributed by atoms with Gasteiger partial charge in [-0.3, -0.25) is 4.55 Å². The van der Waals surface area contributed by atoms with Crippen LogP contribution in [0.2, 0.25) is 0 Å². The van der Waals surface area contributed by atoms with Crippen molar-refractivity contribution in [2.24, 2.45) is 0 Å². The summed E-state index contributed by atoms with van der Waals surface area (Å²) in [5.41, 5.74) is 6.13. The second-order valence-electron chi connectivity index (χ2n) is 3.10. The van der Waals surface area contributed by atoms with Crippen LogP contribution in [0.1, 0.15) is 0 Å². The molecule has 0 aliphatic heterocycles. The second kappa shape index (κ2) is 3.47. The van der Waals surface area contributed by atoms with Gasteiger partial charge in [0, 0.05) is 19.8 Å². The lowest BCUT2D eigenvalue weighted by Crippen LogP contribution is -2.13. The summed E-state index contributed by atoms with van der Waals surface area (Å²) in [7, 11) is -0.861. The van der Waals surface area contributed by atoms with Crippen molar-refractivity contribution in [1.29, 1.82) is 0 Å². The zero-order chi connectivity index (χ0) is 10.9. The molecule has 0 spiro atoms. The number of rotatable bonds is 2. The van der Waals surface area contributed by atoms with Gasteiger partial charge in [-0.2, -0.15) is 8.42 Å². The molecule has 5 nitrogen and oxygen atoms in total. The Kier molecular flexibility index (Phi) is 2.68. The van der Waals surface area contributed by atoms with Gasteiger partial charge < -0.3 is 10.6 Å². The SMILES string of the molecule is CN(C)c1ccc(N)cc1S(=O)(=O)O. The van der Waals surface area contributed by atoms with Crippen molar-refractivity contribution in [3.05, 3.63) is 18.2 Å². The van der Waals surface area contributed by atoms with E-state index in [1.807, 2.05) is 0 Å². The fourth-order valence-corrected chi connectivity index (χ4v) is 1.91. The van der Waals surface area contributed by atoms with E-state index in [9.17, 15) is 8.42 Å². The summed E-state index contributed by atoms with van der Waals surface area (Å²) in [4.78, 5) is 1.41. The van der Waals surface area contributed by atoms with Crippen LogP contribution in [0, 0.1) is 0 Å². The standard InChI is InChI=1S/C8H12N2O3S/c1-10(2)7-4-3-6(9)5-8(7)14(11,12)13/h3-5H,9H2,1-2H3,(H,11,12,13). The van der Waals surface area contributed by atoms with E-state index >= 15 is 0 Å². The Bertz CT molecular complexity index is 440. The first kappa shape index (κ1) is 10.8. The molecule has 3 N–H and O–H groups in total. The van der Waals surface area contributed by atoms with E-state index in [1.165, 1.54) is 6.07 Å². The highest BCUT2D eigenvalue weighted by molar-refractivity contribution is 7.86. The van der Waals surface area contributed by atoms with Crippen molar-refractivity contribution in [1.82, 2.24) is 0 Å². The number of hydrogen-bond acceptors (Lipinski definition) is 4. The van der Waals surface area contributed by atoms with E-state index < -0.39 is 10.1 Å². The number of nitrogens with zero attached hydrogens (tertiary/aromatic N) is 1. The van der Waals surface area contributed by atoms with Crippen LogP contribution in [0.4, 0.5) is 11.4 Å². The van der Waals surface area contributed by atoms with Gasteiger partial charge in [0.05, 0.1) is 5.69 Å². The first-order valence-electron chi connectivity index (χ1n) is 3.86. The van der Waals surface area contributed by atoms with E-state index in [1.54, 1.807) is 31.1 Å². The largest absolute Gasteiger partial charge is 0.399 e. The fraction of sp³-hybridized carbons (Fsp3) is 0.250. The quantitative estimate of drug-likeness (QED) is 0.558. The van der Waals surface area contributed by atoms with Gasteiger partial charge in [0.15, 0.2) is 0 Å². The second-order valence-corrected chi connectivity index (χ2v) is 4.49. The third kappa shape index (κ3) is 2.15. The minimum atomic E-state index is -4.22. The molecular formula is C8H12N2O3S. The van der Waals surface area contributed by atoms with Crippen LogP contribution >= 0.6 is 0 Å². The lowest BCUT2D eigenvalue weighted by atomic mass is 10.3. The van der Waals surface area contributed by atoms with E-state index in [4.69, 9.17) is 10.3 Å². The van der Waals surface area contributed by atoms with Crippen LogP contribution in [-0.4, -0.2) is 27.1 Å². The lowest BCUT2D eigenvalue weighted by molar-refractivity contribution is 0.483. The predicted octanol–water partition coefficient (Wildman–Crippen LogP) is 0.582. The molecule has 0 amide bonds. The van der Waals surface area contributed by atoms with Gasteiger partial charge in [0.2, 0.25) is 0 Å². The number of anilines is 2. The summed E-state index contributed by atoms with van der Waals surface area (Å²) < 4.78 is 30.9. The Morgan fingerprint density at radius 1 is 1.36 bits per heavy atom. The lowest BCUT2D eigenvalue weighted by Gasteiger charge is -2.15. The highest BCUT2D eigenvalue weighted by Gasteiger charge is 2.16. The Labute approximate surface area is 82.9 Å². The van der Waals surface area contributed by atoms with Crippen molar-refractivity contribution in [2.75, 3.05) is 24.7 Å². The topological polar surface area (TPSA) is 83.6 Å². The minimum absolute atomic E-state index is 0.178. The van der Waals surface area contributed by atoms with Crippen molar-refractivity contribution < 1.29 is 13.0 Å². The molecule has 0 saturated heterocycles. The smallest absolute Gasteiger partial charge is 0.296 e. The summed E-state index contributed by atoms with van der Waals surface area (Å²) in [6.07, 6.45) is 0. The molecule has 0 bridgehead atoms. The molecule has 0 heterocycles. The van der Waals surface area contributed by atoms with Crippen LogP contribution in [0.3, 0.4) is 0 Å². The maximum Gasteiger partial charge on any atom is 0.296 e. The number of nitrogens with two attached hydrogens (primary N) is 1. The molecule has 0 radical (unpaired) electrons. The molecular weight excluding hydrogens is 204 g/mol. The molecule has 6 heteroatoms. The molecule has 0 aromatic heterocycles. The average Bonchev–Trinajstić information content (AvgIpc) is 2.01. The first-order valence-corrected chi connectivity index (χ1v) is 5.30. The summed E-state index contributed by atoms with van der Waals surface area (Å²) in [5, 5.41) is 0. The molecule has 0 saturated carbocycles. The van der Waals surface area contributed by atoms with Crippen LogP contribution in [0.15, 0.2) is 23.1 Å². The maximum atomic E-state index is 11.0. The monoisotopic (exact) mass is 216 g/mol. The first-order chi connectivity index (χ1) is 6.32. The van der Waals surface area contributed by atoms with Gasteiger partial charge in [-0.1, -0.05) is 0 Å². The number of hydrogen-bond donors (Lipinski definition) is 2. The highest BCUT2D eigenvalue weighted by atomic mass is 32.2. The van der Waals surface area contributed by atoms with Crippen molar-refractivity contribution in [3.8, 4) is 0 Å². The number of benzene rings is 1. The predicted molar refractivity (Wildman–Crippen MR) is 55.0 cm³/mol. The Morgan fingerprint density at radius 2 is 1.93 bits per heavy atom. The summed E-state index contributed by atoms with van der Waals surface area (Å²) in [6.45, 7) is 0. The minimum Gasteiger partial charge on any atom is -0.399 e. The molecule has 14 heavy (non-hydrogen) atoms. The normalized spacial score (nSPS) is 11.4. The zero-order valence-corrected chi connectivity index (χ0v) is 8.75. The van der Waals surface area contributed by atoms with Crippen LogP contribution in [0.25, 0.3) is 0 Å². The van der Waals surface area contributed by atoms with E-state index in [-0.39, 0.29) is 4.90 Å². The molecule has 0 aliphatic carbocycles. The third-order valence-electron chi connectivity index (χ3n) is 1.74. The Balaban J connectivity index is 3.46. The molecule has 0 fully saturated rings. The molecule has 78 valence electrons. The molecule has 1 aromatic rings. The Hall–Kier alpha value is -1.27. The van der Waals surface area contributed by atoms with Gasteiger partial charge in [-0.15, -0.1) is 0 Å². The highest BCUT2D eigenvalue weighted by Crippen LogP contribution is 2.25.